The number of benzene rings is 1. The van der Waals surface area contributed by atoms with Gasteiger partial charge in [-0.05, 0) is 56.7 Å². The third-order valence-corrected chi connectivity index (χ3v) is 8.77. The SMILES string of the molecule is C[SiH](C)O[Si](C)(C)CCCc1ccccc1O. The van der Waals surface area contributed by atoms with Crippen LogP contribution in [0.15, 0.2) is 24.3 Å². The Balaban J connectivity index is 2.40. The highest BCUT2D eigenvalue weighted by molar-refractivity contribution is 6.77. The van der Waals surface area contributed by atoms with Gasteiger partial charge >= 0.3 is 0 Å². The Morgan fingerprint density at radius 2 is 1.88 bits per heavy atom. The number of phenols is 1. The highest BCUT2D eigenvalue weighted by Gasteiger charge is 2.22. The number of aryl methyl sites for hydroxylation is 1. The molecule has 0 atom stereocenters. The lowest BCUT2D eigenvalue weighted by Gasteiger charge is -2.25. The normalized spacial score (nSPS) is 12.1. The molecule has 0 fully saturated rings. The number of rotatable bonds is 6. The van der Waals surface area contributed by atoms with Crippen molar-refractivity contribution in [3.05, 3.63) is 29.8 Å². The Morgan fingerprint density at radius 3 is 2.47 bits per heavy atom. The van der Waals surface area contributed by atoms with Crippen LogP contribution in [0.3, 0.4) is 0 Å². The van der Waals surface area contributed by atoms with Crippen molar-refractivity contribution in [1.29, 1.82) is 0 Å². The molecule has 17 heavy (non-hydrogen) atoms. The molecule has 1 aromatic rings. The summed E-state index contributed by atoms with van der Waals surface area (Å²) < 4.78 is 6.12. The van der Waals surface area contributed by atoms with E-state index in [2.05, 4.69) is 26.2 Å². The lowest BCUT2D eigenvalue weighted by atomic mass is 10.1. The first kappa shape index (κ1) is 14.5. The molecule has 0 saturated carbocycles. The Bertz CT molecular complexity index is 351. The number of phenolic OH excluding ortho intramolecular Hbond substituents is 1. The predicted molar refractivity (Wildman–Crippen MR) is 78.7 cm³/mol. The maximum atomic E-state index is 9.67. The van der Waals surface area contributed by atoms with Gasteiger partial charge in [-0.1, -0.05) is 18.2 Å². The molecule has 0 radical (unpaired) electrons. The summed E-state index contributed by atoms with van der Waals surface area (Å²) in [5, 5.41) is 9.67. The lowest BCUT2D eigenvalue weighted by Crippen LogP contribution is -2.35. The summed E-state index contributed by atoms with van der Waals surface area (Å²) in [6.45, 7) is 9.06. The van der Waals surface area contributed by atoms with E-state index >= 15 is 0 Å². The minimum absolute atomic E-state index is 0.422. The molecule has 0 spiro atoms. The van der Waals surface area contributed by atoms with E-state index in [1.54, 1.807) is 6.07 Å². The van der Waals surface area contributed by atoms with Crippen LogP contribution >= 0.6 is 0 Å². The van der Waals surface area contributed by atoms with Crippen LogP contribution in [0.5, 0.6) is 5.75 Å². The van der Waals surface area contributed by atoms with E-state index in [0.29, 0.717) is 5.75 Å². The Hall–Kier alpha value is -0.586. The quantitative estimate of drug-likeness (QED) is 0.800. The molecule has 0 heterocycles. The maximum absolute atomic E-state index is 9.67. The van der Waals surface area contributed by atoms with Crippen LogP contribution in [0.1, 0.15) is 12.0 Å². The third kappa shape index (κ3) is 5.52. The molecule has 0 aromatic heterocycles. The van der Waals surface area contributed by atoms with Crippen LogP contribution < -0.4 is 0 Å². The molecule has 1 aromatic carbocycles. The van der Waals surface area contributed by atoms with E-state index < -0.39 is 17.4 Å². The fraction of sp³-hybridized carbons (Fsp3) is 0.538. The van der Waals surface area contributed by atoms with E-state index in [4.69, 9.17) is 4.12 Å². The highest BCUT2D eigenvalue weighted by atomic mass is 28.4. The van der Waals surface area contributed by atoms with Crippen molar-refractivity contribution >= 4 is 17.4 Å². The van der Waals surface area contributed by atoms with Crippen LogP contribution in [-0.4, -0.2) is 22.5 Å². The first-order valence-electron chi connectivity index (χ1n) is 6.35. The van der Waals surface area contributed by atoms with Crippen molar-refractivity contribution in [3.63, 3.8) is 0 Å². The summed E-state index contributed by atoms with van der Waals surface area (Å²) in [5.41, 5.74) is 1.05. The van der Waals surface area contributed by atoms with Crippen LogP contribution in [0, 0.1) is 0 Å². The summed E-state index contributed by atoms with van der Waals surface area (Å²) in [5.74, 6) is 0.422. The first-order valence-corrected chi connectivity index (χ1v) is 12.2. The van der Waals surface area contributed by atoms with Gasteiger partial charge in [0.15, 0.2) is 17.4 Å². The molecular formula is C13H24O2Si2. The summed E-state index contributed by atoms with van der Waals surface area (Å²) in [4.78, 5) is 0. The summed E-state index contributed by atoms with van der Waals surface area (Å²) in [7, 11) is -2.37. The number of hydrogen-bond acceptors (Lipinski definition) is 2. The number of aromatic hydroxyl groups is 1. The smallest absolute Gasteiger partial charge is 0.173 e. The van der Waals surface area contributed by atoms with Crippen molar-refractivity contribution in [2.45, 2.75) is 45.1 Å². The number of para-hydroxylation sites is 1. The van der Waals surface area contributed by atoms with Crippen molar-refractivity contribution in [3.8, 4) is 5.75 Å². The van der Waals surface area contributed by atoms with Gasteiger partial charge in [0.2, 0.25) is 0 Å². The molecular weight excluding hydrogens is 244 g/mol. The van der Waals surface area contributed by atoms with E-state index in [1.165, 1.54) is 6.04 Å². The average Bonchev–Trinajstić information content (AvgIpc) is 2.18. The summed E-state index contributed by atoms with van der Waals surface area (Å²) in [6, 6.07) is 8.78. The van der Waals surface area contributed by atoms with E-state index in [0.717, 1.165) is 18.4 Å². The minimum Gasteiger partial charge on any atom is -0.508 e. The van der Waals surface area contributed by atoms with Gasteiger partial charge < -0.3 is 9.22 Å². The molecule has 0 unspecified atom stereocenters. The second-order valence-corrected chi connectivity index (χ2v) is 12.5. The zero-order chi connectivity index (χ0) is 12.9. The zero-order valence-electron chi connectivity index (χ0n) is 11.4. The standard InChI is InChI=1S/C13H24O2Si2/c1-16(2)15-17(3,4)11-7-9-12-8-5-6-10-13(12)14/h5-6,8,10,14,16H,7,9,11H2,1-4H3. The van der Waals surface area contributed by atoms with Crippen molar-refractivity contribution < 1.29 is 9.22 Å². The fourth-order valence-electron chi connectivity index (χ4n) is 2.12. The Morgan fingerprint density at radius 1 is 1.24 bits per heavy atom. The molecule has 0 aliphatic carbocycles. The molecule has 96 valence electrons. The Kier molecular flexibility index (Phi) is 5.43. The third-order valence-electron chi connectivity index (χ3n) is 2.77. The maximum Gasteiger partial charge on any atom is 0.173 e. The topological polar surface area (TPSA) is 29.5 Å². The monoisotopic (exact) mass is 268 g/mol. The molecule has 2 nitrogen and oxygen atoms in total. The van der Waals surface area contributed by atoms with Gasteiger partial charge in [0.05, 0.1) is 0 Å². The van der Waals surface area contributed by atoms with Gasteiger partial charge in [-0.15, -0.1) is 0 Å². The predicted octanol–water partition coefficient (Wildman–Crippen LogP) is 3.53. The zero-order valence-corrected chi connectivity index (χ0v) is 13.5. The first-order chi connectivity index (χ1) is 7.91. The lowest BCUT2D eigenvalue weighted by molar-refractivity contribution is 0.467. The van der Waals surface area contributed by atoms with Gasteiger partial charge in [-0.3, -0.25) is 0 Å². The van der Waals surface area contributed by atoms with Crippen molar-refractivity contribution in [2.24, 2.45) is 0 Å². The summed E-state index contributed by atoms with van der Waals surface area (Å²) >= 11 is 0. The van der Waals surface area contributed by atoms with Gasteiger partial charge in [0.1, 0.15) is 5.75 Å². The molecule has 0 bridgehead atoms. The largest absolute Gasteiger partial charge is 0.508 e. The van der Waals surface area contributed by atoms with Crippen LogP contribution in [0.4, 0.5) is 0 Å². The molecule has 4 heteroatoms. The van der Waals surface area contributed by atoms with E-state index in [9.17, 15) is 5.11 Å². The van der Waals surface area contributed by atoms with Gasteiger partial charge in [-0.25, -0.2) is 0 Å². The van der Waals surface area contributed by atoms with Crippen molar-refractivity contribution in [1.82, 2.24) is 0 Å². The summed E-state index contributed by atoms with van der Waals surface area (Å²) in [6.07, 6.45) is 2.06. The van der Waals surface area contributed by atoms with Crippen molar-refractivity contribution in [2.75, 3.05) is 0 Å². The molecule has 0 aliphatic heterocycles. The Labute approximate surface area is 107 Å². The van der Waals surface area contributed by atoms with Gasteiger partial charge in [-0.2, -0.15) is 0 Å². The second-order valence-electron chi connectivity index (χ2n) is 5.41. The molecule has 0 aliphatic rings. The highest BCUT2D eigenvalue weighted by Crippen LogP contribution is 2.21. The average molecular weight is 269 g/mol. The molecule has 1 N–H and O–H groups in total. The van der Waals surface area contributed by atoms with Gasteiger partial charge in [0.25, 0.3) is 0 Å². The van der Waals surface area contributed by atoms with Crippen LogP contribution in [0.25, 0.3) is 0 Å². The van der Waals surface area contributed by atoms with Crippen LogP contribution in [-0.2, 0) is 10.5 Å². The van der Waals surface area contributed by atoms with Gasteiger partial charge in [0, 0.05) is 0 Å². The number of hydrogen-bond donors (Lipinski definition) is 1. The van der Waals surface area contributed by atoms with E-state index in [1.807, 2.05) is 18.2 Å². The van der Waals surface area contributed by atoms with Crippen LogP contribution in [0.2, 0.25) is 32.2 Å². The second kappa shape index (κ2) is 6.37. The molecule has 0 saturated heterocycles. The minimum atomic E-state index is -1.46. The van der Waals surface area contributed by atoms with E-state index in [-0.39, 0.29) is 0 Å². The fourth-order valence-corrected chi connectivity index (χ4v) is 8.73. The molecule has 1 rings (SSSR count). The molecule has 0 amide bonds.